The van der Waals surface area contributed by atoms with Gasteiger partial charge in [-0.1, -0.05) is 0 Å². The van der Waals surface area contributed by atoms with Crippen LogP contribution in [-0.4, -0.2) is 24.2 Å². The first kappa shape index (κ1) is 14.3. The fraction of sp³-hybridized carbons (Fsp3) is 0.667. The van der Waals surface area contributed by atoms with Gasteiger partial charge >= 0.3 is 12.1 Å². The molecule has 3 nitrogen and oxygen atoms in total. The second kappa shape index (κ2) is 5.48. The van der Waals surface area contributed by atoms with Gasteiger partial charge in [0.05, 0.1) is 18.0 Å². The molecule has 0 bridgehead atoms. The molecule has 0 radical (unpaired) electrons. The topological polar surface area (TPSA) is 39.2 Å². The first-order chi connectivity index (χ1) is 8.91. The van der Waals surface area contributed by atoms with E-state index in [1.54, 1.807) is 5.38 Å². The number of ether oxygens (including phenoxy) is 1. The molecule has 1 heterocycles. The number of alkyl halides is 3. The van der Waals surface area contributed by atoms with Gasteiger partial charge in [0.25, 0.3) is 0 Å². The van der Waals surface area contributed by atoms with Crippen LogP contribution in [0.1, 0.15) is 47.1 Å². The summed E-state index contributed by atoms with van der Waals surface area (Å²) in [6, 6.07) is 0. The van der Waals surface area contributed by atoms with E-state index in [1.807, 2.05) is 0 Å². The van der Waals surface area contributed by atoms with E-state index in [0.29, 0.717) is 12.8 Å². The van der Waals surface area contributed by atoms with E-state index in [1.165, 1.54) is 18.4 Å². The molecule has 0 unspecified atom stereocenters. The fourth-order valence-electron chi connectivity index (χ4n) is 2.34. The lowest BCUT2D eigenvalue weighted by molar-refractivity contribution is -0.182. The van der Waals surface area contributed by atoms with Crippen LogP contribution in [0.5, 0.6) is 0 Å². The molecule has 0 atom stereocenters. The van der Waals surface area contributed by atoms with Gasteiger partial charge in [-0.3, -0.25) is 0 Å². The summed E-state index contributed by atoms with van der Waals surface area (Å²) in [7, 11) is 1.27. The van der Waals surface area contributed by atoms with Gasteiger partial charge in [0.1, 0.15) is 0 Å². The number of carbonyl (C=O) groups is 1. The Balaban J connectivity index is 1.98. The molecule has 0 N–H and O–H groups in total. The first-order valence-corrected chi connectivity index (χ1v) is 6.90. The first-order valence-electron chi connectivity index (χ1n) is 6.02. The number of nitrogens with zero attached hydrogens (tertiary/aromatic N) is 1. The van der Waals surface area contributed by atoms with Crippen molar-refractivity contribution < 1.29 is 22.7 Å². The van der Waals surface area contributed by atoms with Gasteiger partial charge in [0, 0.05) is 11.3 Å². The molecule has 0 aromatic carbocycles. The average molecular weight is 293 g/mol. The third kappa shape index (κ3) is 3.26. The van der Waals surface area contributed by atoms with Crippen molar-refractivity contribution in [1.82, 2.24) is 4.98 Å². The summed E-state index contributed by atoms with van der Waals surface area (Å²) < 4.78 is 42.2. The molecule has 1 saturated carbocycles. The Morgan fingerprint density at radius 3 is 2.53 bits per heavy atom. The highest BCUT2D eigenvalue weighted by atomic mass is 32.1. The number of aromatic nitrogens is 1. The summed E-state index contributed by atoms with van der Waals surface area (Å²) in [5, 5.41) is 2.33. The van der Waals surface area contributed by atoms with Crippen LogP contribution in [0.3, 0.4) is 0 Å². The Morgan fingerprint density at radius 1 is 1.37 bits per heavy atom. The van der Waals surface area contributed by atoms with Crippen LogP contribution in [0.4, 0.5) is 13.2 Å². The standard InChI is InChI=1S/C12H14F3NO2S/c1-18-11(17)9-6-19-10(16-9)7-2-4-8(5-3-7)12(13,14)15/h6-8H,2-5H2,1H3/t7-,8-. The predicted octanol–water partition coefficient (Wildman–Crippen LogP) is 3.77. The third-order valence-electron chi connectivity index (χ3n) is 3.46. The lowest BCUT2D eigenvalue weighted by Gasteiger charge is -2.28. The summed E-state index contributed by atoms with van der Waals surface area (Å²) in [5.41, 5.74) is 0.237. The smallest absolute Gasteiger partial charge is 0.391 e. The number of rotatable bonds is 2. The normalized spacial score (nSPS) is 24.2. The molecule has 1 aromatic rings. The molecule has 1 fully saturated rings. The van der Waals surface area contributed by atoms with E-state index in [9.17, 15) is 18.0 Å². The van der Waals surface area contributed by atoms with Crippen LogP contribution >= 0.6 is 11.3 Å². The monoisotopic (exact) mass is 293 g/mol. The number of carbonyl (C=O) groups excluding carboxylic acids is 1. The molecule has 0 spiro atoms. The van der Waals surface area contributed by atoms with Crippen molar-refractivity contribution in [1.29, 1.82) is 0 Å². The van der Waals surface area contributed by atoms with E-state index in [2.05, 4.69) is 9.72 Å². The van der Waals surface area contributed by atoms with Crippen LogP contribution in [0.15, 0.2) is 5.38 Å². The van der Waals surface area contributed by atoms with E-state index in [4.69, 9.17) is 0 Å². The lowest BCUT2D eigenvalue weighted by Crippen LogP contribution is -2.27. The maximum atomic E-state index is 12.6. The highest BCUT2D eigenvalue weighted by Crippen LogP contribution is 2.43. The molecular formula is C12H14F3NO2S. The molecule has 7 heteroatoms. The quantitative estimate of drug-likeness (QED) is 0.779. The van der Waals surface area contributed by atoms with Crippen LogP contribution < -0.4 is 0 Å². The zero-order valence-electron chi connectivity index (χ0n) is 10.4. The number of esters is 1. The fourth-order valence-corrected chi connectivity index (χ4v) is 3.30. The predicted molar refractivity (Wildman–Crippen MR) is 64.2 cm³/mol. The van der Waals surface area contributed by atoms with Gasteiger partial charge in [-0.25, -0.2) is 9.78 Å². The Bertz CT molecular complexity index is 450. The molecule has 0 amide bonds. The Kier molecular flexibility index (Phi) is 4.13. The van der Waals surface area contributed by atoms with Crippen molar-refractivity contribution in [2.24, 2.45) is 5.92 Å². The Labute approximate surface area is 112 Å². The van der Waals surface area contributed by atoms with Crippen LogP contribution in [0, 0.1) is 5.92 Å². The maximum absolute atomic E-state index is 12.6. The highest BCUT2D eigenvalue weighted by Gasteiger charge is 2.41. The van der Waals surface area contributed by atoms with Crippen molar-refractivity contribution in [2.45, 2.75) is 37.8 Å². The van der Waals surface area contributed by atoms with E-state index in [-0.39, 0.29) is 24.5 Å². The summed E-state index contributed by atoms with van der Waals surface area (Å²) in [6.07, 6.45) is -2.87. The molecule has 2 rings (SSSR count). The summed E-state index contributed by atoms with van der Waals surface area (Å²) in [6.45, 7) is 0. The molecule has 1 aliphatic rings. The van der Waals surface area contributed by atoms with Crippen LogP contribution in [0.25, 0.3) is 0 Å². The van der Waals surface area contributed by atoms with E-state index >= 15 is 0 Å². The van der Waals surface area contributed by atoms with Gasteiger partial charge < -0.3 is 4.74 Å². The van der Waals surface area contributed by atoms with Gasteiger partial charge in [-0.05, 0) is 25.7 Å². The van der Waals surface area contributed by atoms with Gasteiger partial charge in [-0.15, -0.1) is 11.3 Å². The van der Waals surface area contributed by atoms with Crippen LogP contribution in [-0.2, 0) is 4.74 Å². The number of halogens is 3. The van der Waals surface area contributed by atoms with Crippen molar-refractivity contribution in [2.75, 3.05) is 7.11 Å². The second-order valence-corrected chi connectivity index (χ2v) is 5.54. The van der Waals surface area contributed by atoms with Crippen molar-refractivity contribution in [3.8, 4) is 0 Å². The van der Waals surface area contributed by atoms with Gasteiger partial charge in [-0.2, -0.15) is 13.2 Å². The minimum Gasteiger partial charge on any atom is -0.464 e. The Morgan fingerprint density at radius 2 is 2.00 bits per heavy atom. The third-order valence-corrected chi connectivity index (χ3v) is 4.46. The summed E-state index contributed by atoms with van der Waals surface area (Å²) in [5.74, 6) is -1.67. The van der Waals surface area contributed by atoms with Gasteiger partial charge in [0.15, 0.2) is 5.69 Å². The average Bonchev–Trinajstić information content (AvgIpc) is 2.86. The van der Waals surface area contributed by atoms with Crippen molar-refractivity contribution in [3.63, 3.8) is 0 Å². The molecule has 0 saturated heterocycles. The highest BCUT2D eigenvalue weighted by molar-refractivity contribution is 7.09. The minimum atomic E-state index is -4.09. The maximum Gasteiger partial charge on any atom is 0.391 e. The lowest BCUT2D eigenvalue weighted by atomic mass is 9.82. The van der Waals surface area contributed by atoms with Gasteiger partial charge in [0.2, 0.25) is 0 Å². The SMILES string of the molecule is COC(=O)c1csc([C@H]2CC[C@H](C(F)(F)F)CC2)n1. The molecular weight excluding hydrogens is 279 g/mol. The minimum absolute atomic E-state index is 0.0296. The number of thiazole rings is 1. The second-order valence-electron chi connectivity index (χ2n) is 4.65. The molecule has 106 valence electrons. The number of hydrogen-bond acceptors (Lipinski definition) is 4. The zero-order chi connectivity index (χ0) is 14.0. The van der Waals surface area contributed by atoms with Crippen LogP contribution in [0.2, 0.25) is 0 Å². The van der Waals surface area contributed by atoms with E-state index in [0.717, 1.165) is 5.01 Å². The zero-order valence-corrected chi connectivity index (χ0v) is 11.2. The number of methoxy groups -OCH3 is 1. The summed E-state index contributed by atoms with van der Waals surface area (Å²) >= 11 is 1.32. The molecule has 1 aromatic heterocycles. The largest absolute Gasteiger partial charge is 0.464 e. The number of hydrogen-bond donors (Lipinski definition) is 0. The molecule has 19 heavy (non-hydrogen) atoms. The molecule has 1 aliphatic carbocycles. The Hall–Kier alpha value is -1.11. The molecule has 0 aliphatic heterocycles. The summed E-state index contributed by atoms with van der Waals surface area (Å²) in [4.78, 5) is 15.4. The van der Waals surface area contributed by atoms with Crippen molar-refractivity contribution >= 4 is 17.3 Å². The van der Waals surface area contributed by atoms with E-state index < -0.39 is 18.1 Å². The van der Waals surface area contributed by atoms with Crippen molar-refractivity contribution in [3.05, 3.63) is 16.1 Å².